The number of nitrogens with zero attached hydrogens (tertiary/aromatic N) is 1. The van der Waals surface area contributed by atoms with Gasteiger partial charge in [0.25, 0.3) is 11.5 Å². The minimum Gasteiger partial charge on any atom is -0.496 e. The van der Waals surface area contributed by atoms with Gasteiger partial charge in [0.2, 0.25) is 0 Å². The van der Waals surface area contributed by atoms with Crippen LogP contribution < -0.4 is 21.3 Å². The van der Waals surface area contributed by atoms with E-state index in [0.29, 0.717) is 27.9 Å². The van der Waals surface area contributed by atoms with Gasteiger partial charge in [-0.05, 0) is 35.9 Å². The maximum absolute atomic E-state index is 13.0. The molecule has 1 aromatic heterocycles. The lowest BCUT2D eigenvalue weighted by Crippen LogP contribution is -2.35. The van der Waals surface area contributed by atoms with Crippen LogP contribution in [-0.4, -0.2) is 22.6 Å². The van der Waals surface area contributed by atoms with E-state index >= 15 is 0 Å². The first-order valence-electron chi connectivity index (χ1n) is 9.32. The van der Waals surface area contributed by atoms with E-state index in [9.17, 15) is 14.4 Å². The lowest BCUT2D eigenvalue weighted by Gasteiger charge is -2.10. The van der Waals surface area contributed by atoms with Gasteiger partial charge in [-0.1, -0.05) is 42.5 Å². The Hall–Kier alpha value is -4.13. The van der Waals surface area contributed by atoms with Crippen molar-refractivity contribution in [2.45, 2.75) is 6.54 Å². The smallest absolute Gasteiger partial charge is 0.329 e. The van der Waals surface area contributed by atoms with Crippen molar-refractivity contribution in [2.75, 3.05) is 12.4 Å². The quantitative estimate of drug-likeness (QED) is 0.538. The summed E-state index contributed by atoms with van der Waals surface area (Å²) in [5.41, 5.74) is 1.15. The molecule has 0 aliphatic rings. The van der Waals surface area contributed by atoms with Gasteiger partial charge >= 0.3 is 5.69 Å². The first kappa shape index (κ1) is 19.2. The number of para-hydroxylation sites is 1. The number of H-pyrrole nitrogens is 1. The SMILES string of the molecule is COc1ccccc1C(=O)Nc1ccc2[nH]c(=O)n(Cc3ccccc3)c(=O)c2c1. The van der Waals surface area contributed by atoms with Crippen LogP contribution in [0.3, 0.4) is 0 Å². The summed E-state index contributed by atoms with van der Waals surface area (Å²) in [7, 11) is 1.49. The first-order chi connectivity index (χ1) is 14.6. The molecule has 150 valence electrons. The number of carbonyl (C=O) groups excluding carboxylic acids is 1. The molecule has 1 heterocycles. The molecule has 4 rings (SSSR count). The van der Waals surface area contributed by atoms with E-state index in [1.807, 2.05) is 30.3 Å². The van der Waals surface area contributed by atoms with Gasteiger partial charge in [-0.3, -0.25) is 14.2 Å². The van der Waals surface area contributed by atoms with Gasteiger partial charge in [0, 0.05) is 5.69 Å². The molecule has 2 N–H and O–H groups in total. The highest BCUT2D eigenvalue weighted by Crippen LogP contribution is 2.20. The number of rotatable bonds is 5. The number of methoxy groups -OCH3 is 1. The van der Waals surface area contributed by atoms with Gasteiger partial charge in [0.15, 0.2) is 0 Å². The Bertz CT molecular complexity index is 1340. The Labute approximate surface area is 171 Å². The number of hydrogen-bond donors (Lipinski definition) is 2. The normalized spacial score (nSPS) is 10.7. The molecule has 0 radical (unpaired) electrons. The number of anilines is 1. The van der Waals surface area contributed by atoms with Crippen molar-refractivity contribution in [3.63, 3.8) is 0 Å². The van der Waals surface area contributed by atoms with Gasteiger partial charge in [0.1, 0.15) is 5.75 Å². The lowest BCUT2D eigenvalue weighted by atomic mass is 10.1. The molecule has 1 amide bonds. The Morgan fingerprint density at radius 3 is 2.50 bits per heavy atom. The van der Waals surface area contributed by atoms with Crippen molar-refractivity contribution in [1.29, 1.82) is 0 Å². The van der Waals surface area contributed by atoms with Crippen LogP contribution in [0.1, 0.15) is 15.9 Å². The number of aromatic nitrogens is 2. The zero-order chi connectivity index (χ0) is 21.1. The molecule has 0 atom stereocenters. The van der Waals surface area contributed by atoms with E-state index in [2.05, 4.69) is 10.3 Å². The van der Waals surface area contributed by atoms with Gasteiger partial charge in [0.05, 0.1) is 30.1 Å². The highest BCUT2D eigenvalue weighted by Gasteiger charge is 2.13. The zero-order valence-electron chi connectivity index (χ0n) is 16.2. The second kappa shape index (κ2) is 8.08. The van der Waals surface area contributed by atoms with Crippen LogP contribution in [0, 0.1) is 0 Å². The first-order valence-corrected chi connectivity index (χ1v) is 9.32. The summed E-state index contributed by atoms with van der Waals surface area (Å²) < 4.78 is 6.37. The van der Waals surface area contributed by atoms with Gasteiger partial charge in [-0.25, -0.2) is 4.79 Å². The molecule has 0 bridgehead atoms. The number of hydrogen-bond acceptors (Lipinski definition) is 4. The Morgan fingerprint density at radius 1 is 1.00 bits per heavy atom. The molecule has 7 heteroatoms. The fourth-order valence-electron chi connectivity index (χ4n) is 3.27. The molecule has 0 spiro atoms. The number of nitrogens with one attached hydrogen (secondary N) is 2. The second-order valence-electron chi connectivity index (χ2n) is 6.72. The third-order valence-electron chi connectivity index (χ3n) is 4.77. The molecular weight excluding hydrogens is 382 g/mol. The predicted octanol–water partition coefficient (Wildman–Crippen LogP) is 3.00. The van der Waals surface area contributed by atoms with Crippen molar-refractivity contribution in [1.82, 2.24) is 9.55 Å². The molecule has 3 aromatic carbocycles. The summed E-state index contributed by atoms with van der Waals surface area (Å²) in [5, 5.41) is 3.09. The van der Waals surface area contributed by atoms with Crippen LogP contribution in [0.25, 0.3) is 10.9 Å². The maximum atomic E-state index is 13.0. The monoisotopic (exact) mass is 401 g/mol. The second-order valence-corrected chi connectivity index (χ2v) is 6.72. The fraction of sp³-hybridized carbons (Fsp3) is 0.0870. The molecule has 0 saturated heterocycles. The minimum absolute atomic E-state index is 0.156. The summed E-state index contributed by atoms with van der Waals surface area (Å²) in [6.07, 6.45) is 0. The number of carbonyl (C=O) groups is 1. The van der Waals surface area contributed by atoms with Crippen molar-refractivity contribution in [2.24, 2.45) is 0 Å². The lowest BCUT2D eigenvalue weighted by molar-refractivity contribution is 0.102. The van der Waals surface area contributed by atoms with E-state index in [1.165, 1.54) is 7.11 Å². The molecule has 0 fully saturated rings. The van der Waals surface area contributed by atoms with E-state index < -0.39 is 11.2 Å². The topological polar surface area (TPSA) is 93.2 Å². The third-order valence-corrected chi connectivity index (χ3v) is 4.77. The maximum Gasteiger partial charge on any atom is 0.329 e. The summed E-state index contributed by atoms with van der Waals surface area (Å²) >= 11 is 0. The number of fused-ring (bicyclic) bond motifs is 1. The molecular formula is C23H19N3O4. The number of benzene rings is 3. The summed E-state index contributed by atoms with van der Waals surface area (Å²) in [5.74, 6) is 0.0890. The van der Waals surface area contributed by atoms with Crippen LogP contribution >= 0.6 is 0 Å². The highest BCUT2D eigenvalue weighted by atomic mass is 16.5. The van der Waals surface area contributed by atoms with Crippen molar-refractivity contribution >= 4 is 22.5 Å². The summed E-state index contributed by atoms with van der Waals surface area (Å²) in [4.78, 5) is 40.7. The third kappa shape index (κ3) is 3.73. The molecule has 0 aliphatic carbocycles. The average Bonchev–Trinajstić information content (AvgIpc) is 2.77. The van der Waals surface area contributed by atoms with Gasteiger partial charge < -0.3 is 15.0 Å². The predicted molar refractivity (Wildman–Crippen MR) is 115 cm³/mol. The Kier molecular flexibility index (Phi) is 5.17. The molecule has 7 nitrogen and oxygen atoms in total. The number of aromatic amines is 1. The summed E-state index contributed by atoms with van der Waals surface area (Å²) in [6, 6.07) is 20.9. The van der Waals surface area contributed by atoms with E-state index in [-0.39, 0.29) is 12.5 Å². The van der Waals surface area contributed by atoms with E-state index in [1.54, 1.807) is 42.5 Å². The Balaban J connectivity index is 1.70. The highest BCUT2D eigenvalue weighted by molar-refractivity contribution is 6.06. The van der Waals surface area contributed by atoms with E-state index in [0.717, 1.165) is 10.1 Å². The number of ether oxygens (including phenoxy) is 1. The molecule has 0 saturated carbocycles. The Morgan fingerprint density at radius 2 is 1.73 bits per heavy atom. The molecule has 30 heavy (non-hydrogen) atoms. The van der Waals surface area contributed by atoms with Crippen molar-refractivity contribution < 1.29 is 9.53 Å². The summed E-state index contributed by atoms with van der Waals surface area (Å²) in [6.45, 7) is 0.156. The van der Waals surface area contributed by atoms with E-state index in [4.69, 9.17) is 4.74 Å². The van der Waals surface area contributed by atoms with Crippen LogP contribution in [0.15, 0.2) is 82.4 Å². The van der Waals surface area contributed by atoms with Crippen molar-refractivity contribution in [3.8, 4) is 5.75 Å². The standard InChI is InChI=1S/C23H19N3O4/c1-30-20-10-6-5-9-17(20)21(27)24-16-11-12-19-18(13-16)22(28)26(23(29)25-19)14-15-7-3-2-4-8-15/h2-13H,14H2,1H3,(H,24,27)(H,25,29). The fourth-order valence-corrected chi connectivity index (χ4v) is 3.27. The van der Waals surface area contributed by atoms with Crippen LogP contribution in [0.2, 0.25) is 0 Å². The van der Waals surface area contributed by atoms with Crippen molar-refractivity contribution in [3.05, 3.63) is 105 Å². The zero-order valence-corrected chi connectivity index (χ0v) is 16.2. The molecule has 0 unspecified atom stereocenters. The largest absolute Gasteiger partial charge is 0.496 e. The average molecular weight is 401 g/mol. The van der Waals surface area contributed by atoms with Crippen LogP contribution in [-0.2, 0) is 6.54 Å². The number of amides is 1. The molecule has 0 aliphatic heterocycles. The van der Waals surface area contributed by atoms with Crippen LogP contribution in [0.5, 0.6) is 5.75 Å². The van der Waals surface area contributed by atoms with Gasteiger partial charge in [-0.15, -0.1) is 0 Å². The van der Waals surface area contributed by atoms with Crippen LogP contribution in [0.4, 0.5) is 5.69 Å². The minimum atomic E-state index is -0.484. The van der Waals surface area contributed by atoms with Gasteiger partial charge in [-0.2, -0.15) is 0 Å². The molecule has 4 aromatic rings.